The first-order chi connectivity index (χ1) is 11.4. The monoisotopic (exact) mass is 347 g/mol. The summed E-state index contributed by atoms with van der Waals surface area (Å²) >= 11 is 6.06. The molecule has 0 aliphatic carbocycles. The quantitative estimate of drug-likeness (QED) is 0.344. The van der Waals surface area contributed by atoms with Crippen molar-refractivity contribution in [3.8, 4) is 0 Å². The number of nitro benzene ring substituents is 1. The fourth-order valence-corrected chi connectivity index (χ4v) is 2.24. The molecule has 2 aromatic carbocycles. The molecule has 0 bridgehead atoms. The van der Waals surface area contributed by atoms with Crippen molar-refractivity contribution in [3.05, 3.63) is 74.3 Å². The number of halogens is 1. The number of carbonyl (C=O) groups is 2. The first-order valence-corrected chi connectivity index (χ1v) is 7.43. The molecule has 24 heavy (non-hydrogen) atoms. The van der Waals surface area contributed by atoms with Crippen LogP contribution in [-0.4, -0.2) is 16.7 Å². The number of benzene rings is 2. The molecule has 0 aliphatic rings. The Morgan fingerprint density at radius 3 is 2.38 bits per heavy atom. The van der Waals surface area contributed by atoms with Gasteiger partial charge in [-0.05, 0) is 36.2 Å². The van der Waals surface area contributed by atoms with Gasteiger partial charge in [0.1, 0.15) is 6.61 Å². The standard InChI is InChI=1S/C17H14ClNO5/c1-11(20)13-4-5-14(16(18)8-13)9-17(21)24-10-12-2-6-15(7-3-12)19(22)23/h2-8H,9-10H2,1H3. The van der Waals surface area contributed by atoms with Crippen LogP contribution in [0.1, 0.15) is 28.4 Å². The highest BCUT2D eigenvalue weighted by molar-refractivity contribution is 6.31. The summed E-state index contributed by atoms with van der Waals surface area (Å²) in [6.07, 6.45) is -0.0238. The molecule has 0 saturated carbocycles. The van der Waals surface area contributed by atoms with Crippen molar-refractivity contribution in [1.29, 1.82) is 0 Å². The molecule has 0 saturated heterocycles. The van der Waals surface area contributed by atoms with Gasteiger partial charge in [-0.1, -0.05) is 23.7 Å². The summed E-state index contributed by atoms with van der Waals surface area (Å²) < 4.78 is 5.13. The lowest BCUT2D eigenvalue weighted by atomic mass is 10.1. The molecule has 0 radical (unpaired) electrons. The number of hydrogen-bond donors (Lipinski definition) is 0. The molecule has 2 rings (SSSR count). The number of carbonyl (C=O) groups excluding carboxylic acids is 2. The van der Waals surface area contributed by atoms with Gasteiger partial charge in [0.05, 0.1) is 11.3 Å². The number of nitro groups is 1. The number of non-ortho nitro benzene ring substituents is 1. The van der Waals surface area contributed by atoms with Crippen molar-refractivity contribution in [2.75, 3.05) is 0 Å². The fourth-order valence-electron chi connectivity index (χ4n) is 1.99. The van der Waals surface area contributed by atoms with Gasteiger partial charge in [-0.2, -0.15) is 0 Å². The van der Waals surface area contributed by atoms with Gasteiger partial charge in [-0.25, -0.2) is 0 Å². The molecule has 0 N–H and O–H groups in total. The lowest BCUT2D eigenvalue weighted by Crippen LogP contribution is -2.08. The van der Waals surface area contributed by atoms with E-state index in [1.165, 1.54) is 37.3 Å². The molecule has 124 valence electrons. The first-order valence-electron chi connectivity index (χ1n) is 7.05. The Morgan fingerprint density at radius 1 is 1.17 bits per heavy atom. The van der Waals surface area contributed by atoms with E-state index in [0.29, 0.717) is 21.7 Å². The van der Waals surface area contributed by atoms with Gasteiger partial charge in [-0.3, -0.25) is 19.7 Å². The predicted molar refractivity (Wildman–Crippen MR) is 88.1 cm³/mol. The molecule has 0 atom stereocenters. The largest absolute Gasteiger partial charge is 0.461 e. The third-order valence-electron chi connectivity index (χ3n) is 3.34. The maximum Gasteiger partial charge on any atom is 0.310 e. The van der Waals surface area contributed by atoms with Gasteiger partial charge in [0.25, 0.3) is 5.69 Å². The topological polar surface area (TPSA) is 86.5 Å². The number of Topliss-reactive ketones (excluding diaryl/α,β-unsaturated/α-hetero) is 1. The Bertz CT molecular complexity index is 786. The maximum atomic E-state index is 11.9. The van der Waals surface area contributed by atoms with Crippen molar-refractivity contribution in [2.24, 2.45) is 0 Å². The maximum absolute atomic E-state index is 11.9. The van der Waals surface area contributed by atoms with E-state index >= 15 is 0 Å². The zero-order chi connectivity index (χ0) is 17.7. The molecule has 0 amide bonds. The Hall–Kier alpha value is -2.73. The third-order valence-corrected chi connectivity index (χ3v) is 3.69. The van der Waals surface area contributed by atoms with Crippen LogP contribution in [0.2, 0.25) is 5.02 Å². The molecular formula is C17H14ClNO5. The smallest absolute Gasteiger partial charge is 0.310 e. The number of ether oxygens (including phenoxy) is 1. The molecule has 0 spiro atoms. The van der Waals surface area contributed by atoms with Crippen LogP contribution in [0.5, 0.6) is 0 Å². The molecule has 0 fully saturated rings. The van der Waals surface area contributed by atoms with Crippen molar-refractivity contribution in [2.45, 2.75) is 20.0 Å². The van der Waals surface area contributed by atoms with Gasteiger partial charge in [-0.15, -0.1) is 0 Å². The van der Waals surface area contributed by atoms with Gasteiger partial charge < -0.3 is 4.74 Å². The van der Waals surface area contributed by atoms with Crippen LogP contribution >= 0.6 is 11.6 Å². The van der Waals surface area contributed by atoms with Gasteiger partial charge in [0, 0.05) is 22.7 Å². The second kappa shape index (κ2) is 7.70. The van der Waals surface area contributed by atoms with Crippen LogP contribution in [0.25, 0.3) is 0 Å². The van der Waals surface area contributed by atoms with E-state index in [0.717, 1.165) is 0 Å². The van der Waals surface area contributed by atoms with Crippen LogP contribution in [0.4, 0.5) is 5.69 Å². The van der Waals surface area contributed by atoms with E-state index in [1.807, 2.05) is 0 Å². The van der Waals surface area contributed by atoms with Gasteiger partial charge >= 0.3 is 5.97 Å². The third kappa shape index (κ3) is 4.63. The number of rotatable bonds is 6. The summed E-state index contributed by atoms with van der Waals surface area (Å²) in [4.78, 5) is 33.2. The zero-order valence-corrected chi connectivity index (χ0v) is 13.6. The lowest BCUT2D eigenvalue weighted by molar-refractivity contribution is -0.384. The van der Waals surface area contributed by atoms with Crippen molar-refractivity contribution in [1.82, 2.24) is 0 Å². The molecule has 0 heterocycles. The molecule has 7 heteroatoms. The van der Waals surface area contributed by atoms with E-state index in [2.05, 4.69) is 0 Å². The summed E-state index contributed by atoms with van der Waals surface area (Å²) in [6.45, 7) is 1.45. The predicted octanol–water partition coefficient (Wildman–Crippen LogP) is 3.74. The average molecular weight is 348 g/mol. The van der Waals surface area contributed by atoms with Gasteiger partial charge in [0.2, 0.25) is 0 Å². The molecule has 0 aromatic heterocycles. The van der Waals surface area contributed by atoms with Gasteiger partial charge in [0.15, 0.2) is 5.78 Å². The van der Waals surface area contributed by atoms with Crippen LogP contribution in [0, 0.1) is 10.1 Å². The summed E-state index contributed by atoms with van der Waals surface area (Å²) in [5.74, 6) is -0.588. The highest BCUT2D eigenvalue weighted by Crippen LogP contribution is 2.19. The molecule has 0 unspecified atom stereocenters. The van der Waals surface area contributed by atoms with Crippen LogP contribution in [0.3, 0.4) is 0 Å². The van der Waals surface area contributed by atoms with E-state index in [4.69, 9.17) is 16.3 Å². The van der Waals surface area contributed by atoms with Crippen molar-refractivity contribution < 1.29 is 19.2 Å². The van der Waals surface area contributed by atoms with Crippen molar-refractivity contribution in [3.63, 3.8) is 0 Å². The number of ketones is 1. The molecule has 6 nitrogen and oxygen atoms in total. The minimum absolute atomic E-state index is 0.0139. The SMILES string of the molecule is CC(=O)c1ccc(CC(=O)OCc2ccc([N+](=O)[O-])cc2)c(Cl)c1. The van der Waals surface area contributed by atoms with E-state index < -0.39 is 10.9 Å². The Labute approximate surface area is 143 Å². The van der Waals surface area contributed by atoms with Crippen molar-refractivity contribution >= 4 is 29.0 Å². The summed E-state index contributed by atoms with van der Waals surface area (Å²) in [5, 5.41) is 10.9. The highest BCUT2D eigenvalue weighted by Gasteiger charge is 2.11. The fraction of sp³-hybridized carbons (Fsp3) is 0.176. The highest BCUT2D eigenvalue weighted by atomic mass is 35.5. The minimum Gasteiger partial charge on any atom is -0.461 e. The van der Waals surface area contributed by atoms with Crippen LogP contribution < -0.4 is 0 Å². The first kappa shape index (κ1) is 17.6. The molecular weight excluding hydrogens is 334 g/mol. The Morgan fingerprint density at radius 2 is 1.83 bits per heavy atom. The second-order valence-corrected chi connectivity index (χ2v) is 5.53. The summed E-state index contributed by atoms with van der Waals surface area (Å²) in [7, 11) is 0. The second-order valence-electron chi connectivity index (χ2n) is 5.12. The van der Waals surface area contributed by atoms with E-state index in [1.54, 1.807) is 12.1 Å². The number of hydrogen-bond acceptors (Lipinski definition) is 5. The van der Waals surface area contributed by atoms with E-state index in [-0.39, 0.29) is 24.5 Å². The minimum atomic E-state index is -0.498. The Kier molecular flexibility index (Phi) is 5.65. The number of nitrogens with zero attached hydrogens (tertiary/aromatic N) is 1. The molecule has 0 aliphatic heterocycles. The van der Waals surface area contributed by atoms with E-state index in [9.17, 15) is 19.7 Å². The molecule has 2 aromatic rings. The lowest BCUT2D eigenvalue weighted by Gasteiger charge is -2.07. The average Bonchev–Trinajstić information content (AvgIpc) is 2.55. The van der Waals surface area contributed by atoms with Crippen LogP contribution in [-0.2, 0) is 22.6 Å². The summed E-state index contributed by atoms with van der Waals surface area (Å²) in [5.41, 5.74) is 1.66. The summed E-state index contributed by atoms with van der Waals surface area (Å²) in [6, 6.07) is 10.5. The van der Waals surface area contributed by atoms with Crippen LogP contribution in [0.15, 0.2) is 42.5 Å². The number of esters is 1. The normalized spacial score (nSPS) is 10.2. The Balaban J connectivity index is 1.93. The zero-order valence-electron chi connectivity index (χ0n) is 12.8.